The molecule has 10 heteroatoms. The maximum atomic E-state index is 11.9. The van der Waals surface area contributed by atoms with Crippen LogP contribution in [0.1, 0.15) is 33.1 Å². The number of hydrogen-bond acceptors (Lipinski definition) is 10. The first kappa shape index (κ1) is 25.5. The van der Waals surface area contributed by atoms with Gasteiger partial charge in [-0.1, -0.05) is 0 Å². The molecule has 0 aromatic carbocycles. The van der Waals surface area contributed by atoms with Crippen molar-refractivity contribution in [2.45, 2.75) is 39.2 Å². The van der Waals surface area contributed by atoms with Gasteiger partial charge >= 0.3 is 17.9 Å². The average molecular weight is 443 g/mol. The van der Waals surface area contributed by atoms with Gasteiger partial charge in [-0.3, -0.25) is 14.4 Å². The third kappa shape index (κ3) is 11.4. The molecule has 0 bridgehead atoms. The molecule has 0 unspecified atom stereocenters. The Hall–Kier alpha value is -1.75. The summed E-state index contributed by atoms with van der Waals surface area (Å²) in [6, 6.07) is 0. The van der Waals surface area contributed by atoms with Crippen LogP contribution in [0.4, 0.5) is 0 Å². The number of carbonyl (C=O) groups excluding carboxylic acids is 3. The molecule has 0 saturated carbocycles. The summed E-state index contributed by atoms with van der Waals surface area (Å²) < 4.78 is 15.2. The van der Waals surface area contributed by atoms with Crippen LogP contribution < -0.4 is 5.32 Å². The van der Waals surface area contributed by atoms with Crippen molar-refractivity contribution in [3.63, 3.8) is 0 Å². The van der Waals surface area contributed by atoms with Crippen molar-refractivity contribution in [2.24, 2.45) is 0 Å². The predicted molar refractivity (Wildman–Crippen MR) is 114 cm³/mol. The van der Waals surface area contributed by atoms with E-state index in [1.807, 2.05) is 13.8 Å². The summed E-state index contributed by atoms with van der Waals surface area (Å²) in [4.78, 5) is 41.9. The second kappa shape index (κ2) is 14.3. The summed E-state index contributed by atoms with van der Waals surface area (Å²) in [7, 11) is 0. The van der Waals surface area contributed by atoms with Crippen LogP contribution in [0, 0.1) is 0 Å². The molecular formula is C21H38N4O6. The summed E-state index contributed by atoms with van der Waals surface area (Å²) in [5.41, 5.74) is 0. The van der Waals surface area contributed by atoms with Crippen LogP contribution in [-0.4, -0.2) is 117 Å². The lowest BCUT2D eigenvalue weighted by Crippen LogP contribution is -2.47. The van der Waals surface area contributed by atoms with E-state index in [1.54, 1.807) is 0 Å². The van der Waals surface area contributed by atoms with Crippen LogP contribution in [0.15, 0.2) is 0 Å². The minimum Gasteiger partial charge on any atom is -0.463 e. The zero-order valence-electron chi connectivity index (χ0n) is 19.0. The highest BCUT2D eigenvalue weighted by molar-refractivity contribution is 5.71. The molecule has 0 aromatic heterocycles. The van der Waals surface area contributed by atoms with Crippen LogP contribution in [0.3, 0.4) is 0 Å². The van der Waals surface area contributed by atoms with Crippen molar-refractivity contribution in [3.05, 3.63) is 0 Å². The first-order valence-corrected chi connectivity index (χ1v) is 11.3. The first-order valence-electron chi connectivity index (χ1n) is 11.3. The Kier molecular flexibility index (Phi) is 11.8. The number of hydrogen-bond donors (Lipinski definition) is 1. The maximum absolute atomic E-state index is 11.9. The van der Waals surface area contributed by atoms with Crippen molar-refractivity contribution in [1.82, 2.24) is 20.0 Å². The first-order chi connectivity index (χ1) is 14.9. The van der Waals surface area contributed by atoms with Gasteiger partial charge in [0.05, 0.1) is 25.4 Å². The molecule has 31 heavy (non-hydrogen) atoms. The fourth-order valence-corrected chi connectivity index (χ4v) is 3.55. The summed E-state index contributed by atoms with van der Waals surface area (Å²) in [6.07, 6.45) is 0.888. The maximum Gasteiger partial charge on any atom is 0.309 e. The molecule has 0 spiro atoms. The van der Waals surface area contributed by atoms with Crippen LogP contribution in [-0.2, 0) is 28.6 Å². The van der Waals surface area contributed by atoms with Crippen LogP contribution in [0.2, 0.25) is 0 Å². The molecule has 0 radical (unpaired) electrons. The van der Waals surface area contributed by atoms with Gasteiger partial charge in [-0.2, -0.15) is 0 Å². The van der Waals surface area contributed by atoms with E-state index < -0.39 is 0 Å². The Balaban J connectivity index is 1.46. The third-order valence-corrected chi connectivity index (χ3v) is 5.38. The summed E-state index contributed by atoms with van der Waals surface area (Å²) >= 11 is 0. The lowest BCUT2D eigenvalue weighted by molar-refractivity contribution is -0.167. The number of piperazine rings is 2. The second-order valence-corrected chi connectivity index (χ2v) is 8.21. The smallest absolute Gasteiger partial charge is 0.309 e. The van der Waals surface area contributed by atoms with Crippen LogP contribution in [0.5, 0.6) is 0 Å². The van der Waals surface area contributed by atoms with E-state index in [2.05, 4.69) is 20.0 Å². The Labute approximate surface area is 185 Å². The minimum absolute atomic E-state index is 0.0788. The topological polar surface area (TPSA) is 101 Å². The number of rotatable bonds is 12. The van der Waals surface area contributed by atoms with E-state index >= 15 is 0 Å². The molecule has 10 nitrogen and oxygen atoms in total. The van der Waals surface area contributed by atoms with Gasteiger partial charge in [0.1, 0.15) is 0 Å². The van der Waals surface area contributed by atoms with Gasteiger partial charge < -0.3 is 34.2 Å². The van der Waals surface area contributed by atoms with Gasteiger partial charge in [-0.25, -0.2) is 0 Å². The average Bonchev–Trinajstić information content (AvgIpc) is 2.76. The number of nitrogens with one attached hydrogen (secondary N) is 1. The Morgan fingerprint density at radius 2 is 1.13 bits per heavy atom. The largest absolute Gasteiger partial charge is 0.463 e. The molecule has 178 valence electrons. The van der Waals surface area contributed by atoms with Crippen LogP contribution in [0.25, 0.3) is 0 Å². The third-order valence-electron chi connectivity index (χ3n) is 5.38. The number of ether oxygens (including phenoxy) is 3. The van der Waals surface area contributed by atoms with Gasteiger partial charge in [0.15, 0.2) is 0 Å². The molecule has 0 aromatic rings. The van der Waals surface area contributed by atoms with Crippen molar-refractivity contribution in [2.75, 3.05) is 78.8 Å². The summed E-state index contributed by atoms with van der Waals surface area (Å²) in [6.45, 7) is 12.5. The molecule has 0 atom stereocenters. The highest BCUT2D eigenvalue weighted by Crippen LogP contribution is 2.05. The Morgan fingerprint density at radius 3 is 1.58 bits per heavy atom. The zero-order valence-corrected chi connectivity index (χ0v) is 19.0. The molecule has 0 amide bonds. The quantitative estimate of drug-likeness (QED) is 0.319. The van der Waals surface area contributed by atoms with Crippen molar-refractivity contribution in [3.8, 4) is 0 Å². The zero-order chi connectivity index (χ0) is 22.5. The molecule has 0 aliphatic carbocycles. The normalized spacial score (nSPS) is 18.7. The van der Waals surface area contributed by atoms with Crippen LogP contribution >= 0.6 is 0 Å². The molecule has 2 aliphatic heterocycles. The molecule has 1 N–H and O–H groups in total. The second-order valence-electron chi connectivity index (χ2n) is 8.21. The standard InChI is InChI=1S/C21H38N4O6/c1-18(2)31-21(28)5-10-25-15-13-24(14-16-25)9-4-20(27)30-17-29-19(26)3-8-23-11-6-22-7-12-23/h18,22H,3-17H2,1-2H3. The van der Waals surface area contributed by atoms with Gasteiger partial charge in [0.2, 0.25) is 6.79 Å². The molecular weight excluding hydrogens is 404 g/mol. The van der Waals surface area contributed by atoms with E-state index in [0.717, 1.165) is 52.4 Å². The van der Waals surface area contributed by atoms with E-state index in [0.29, 0.717) is 32.5 Å². The SMILES string of the molecule is CC(C)OC(=O)CCN1CCN(CCC(=O)OCOC(=O)CCN2CCNCC2)CC1. The fraction of sp³-hybridized carbons (Fsp3) is 0.857. The molecule has 2 heterocycles. The molecule has 2 saturated heterocycles. The molecule has 2 aliphatic rings. The fourth-order valence-electron chi connectivity index (χ4n) is 3.55. The Bertz CT molecular complexity index is 560. The number of carbonyl (C=O) groups is 3. The van der Waals surface area contributed by atoms with E-state index in [9.17, 15) is 14.4 Å². The lowest BCUT2D eigenvalue weighted by Gasteiger charge is -2.34. The van der Waals surface area contributed by atoms with E-state index in [1.165, 1.54) is 0 Å². The Morgan fingerprint density at radius 1 is 0.710 bits per heavy atom. The summed E-state index contributed by atoms with van der Waals surface area (Å²) in [5.74, 6) is -0.877. The van der Waals surface area contributed by atoms with Gasteiger partial charge in [-0.05, 0) is 13.8 Å². The minimum atomic E-state index is -0.367. The summed E-state index contributed by atoms with van der Waals surface area (Å²) in [5, 5.41) is 3.26. The van der Waals surface area contributed by atoms with E-state index in [4.69, 9.17) is 14.2 Å². The van der Waals surface area contributed by atoms with Crippen molar-refractivity contribution < 1.29 is 28.6 Å². The van der Waals surface area contributed by atoms with Gasteiger partial charge in [0.25, 0.3) is 0 Å². The van der Waals surface area contributed by atoms with Crippen molar-refractivity contribution in [1.29, 1.82) is 0 Å². The predicted octanol–water partition coefficient (Wildman–Crippen LogP) is -0.325. The number of esters is 3. The number of nitrogens with zero attached hydrogens (tertiary/aromatic N) is 3. The molecule has 2 rings (SSSR count). The van der Waals surface area contributed by atoms with Gasteiger partial charge in [-0.15, -0.1) is 0 Å². The van der Waals surface area contributed by atoms with E-state index in [-0.39, 0.29) is 37.2 Å². The lowest BCUT2D eigenvalue weighted by atomic mass is 10.2. The highest BCUT2D eigenvalue weighted by Gasteiger charge is 2.19. The monoisotopic (exact) mass is 442 g/mol. The van der Waals surface area contributed by atoms with Crippen molar-refractivity contribution >= 4 is 17.9 Å². The highest BCUT2D eigenvalue weighted by atomic mass is 16.7. The molecule has 2 fully saturated rings. The van der Waals surface area contributed by atoms with Gasteiger partial charge in [0, 0.05) is 72.0 Å².